The summed E-state index contributed by atoms with van der Waals surface area (Å²) in [5.74, 6) is -7.21. The number of carbonyl (C=O) groups is 8. The van der Waals surface area contributed by atoms with Crippen molar-refractivity contribution in [2.24, 2.45) is 17.6 Å². The SMILES string of the molecule is CCC(C)CC(C)CCCCCCCCC(=O)N[C@H]1C[C@@H](O)CNC(=O)[C@@H]2[C@@H](O)CCN2C(=O)[C@H]([C@H](O)CC(N)=O)NC(=O)[C@H]([C@H](O)Cc2ccc(O)cc2)NC(=O)[C@@H]2C[C@@H](O)CN2C(=O)[C@H]([C@@H](C)O)NC1=O. The smallest absolute Gasteiger partial charge is 0.248 e. The molecular weight excluding hydrogens is 953 g/mol. The zero-order chi connectivity index (χ0) is 54.1. The lowest BCUT2D eigenvalue weighted by Crippen LogP contribution is -2.64. The molecule has 4 rings (SSSR count). The lowest BCUT2D eigenvalue weighted by atomic mass is 9.91. The molecule has 0 saturated carbocycles. The quantitative estimate of drug-likeness (QED) is 0.0620. The number of benzene rings is 1. The van der Waals surface area contributed by atoms with Crippen molar-refractivity contribution in [3.63, 3.8) is 0 Å². The van der Waals surface area contributed by atoms with E-state index in [1.54, 1.807) is 0 Å². The zero-order valence-electron chi connectivity index (χ0n) is 42.5. The Balaban J connectivity index is 1.65. The number of unbranched alkanes of at least 4 members (excludes halogenated alkanes) is 5. The fourth-order valence-electron chi connectivity index (χ4n) is 9.75. The molecule has 1 aromatic carbocycles. The van der Waals surface area contributed by atoms with E-state index in [2.05, 4.69) is 47.4 Å². The number of phenolic OH excluding ortho intramolecular Hbond substituents is 1. The third kappa shape index (κ3) is 18.2. The number of fused-ring (bicyclic) bond motifs is 2. The van der Waals surface area contributed by atoms with Gasteiger partial charge in [-0.1, -0.05) is 77.8 Å². The van der Waals surface area contributed by atoms with Crippen LogP contribution in [0.25, 0.3) is 0 Å². The summed E-state index contributed by atoms with van der Waals surface area (Å²) in [6, 6.07) is -5.41. The summed E-state index contributed by atoms with van der Waals surface area (Å²) in [4.78, 5) is 112. The Morgan fingerprint density at radius 1 is 0.740 bits per heavy atom. The lowest BCUT2D eigenvalue weighted by Gasteiger charge is -2.33. The minimum atomic E-state index is -2.10. The van der Waals surface area contributed by atoms with E-state index in [0.717, 1.165) is 54.7 Å². The summed E-state index contributed by atoms with van der Waals surface area (Å²) in [6.45, 7) is 6.49. The average molecular weight is 1030 g/mol. The first-order valence-electron chi connectivity index (χ1n) is 25.7. The number of β-amino-alcohol motifs (C(OH)–C–C–N with tert-alkyl or cyclic N) is 1. The molecule has 3 saturated heterocycles. The molecule has 14 atom stereocenters. The molecule has 8 amide bonds. The van der Waals surface area contributed by atoms with Gasteiger partial charge in [-0.2, -0.15) is 0 Å². The standard InChI is InChI=1S/C50H80N8O15/c1-5-27(2)20-28(3)12-10-8-6-7-9-11-13-40(67)53-34-22-32(61)25-52-48(71)44-36(63)18-19-57(44)50(73)43(38(65)24-39(51)66)56-47(70)42(37(64)21-30-14-16-31(60)17-15-30)55-46(69)35-23-33(62)26-58(35)49(72)41(29(4)59)54-45(34)68/h14-17,27-29,32-38,41-44,59-65H,5-13,18-26H2,1-4H3,(H2,51,66)(H,52,71)(H,53,67)(H,54,68)(H,55,69)(H,56,70)/t27?,28?,29-,32-,33-,34+,35+,36+,37-,38-,41+,42+,43+,44+/m1/s1. The number of nitrogens with zero attached hydrogens (tertiary/aromatic N) is 2. The first-order valence-corrected chi connectivity index (χ1v) is 25.7. The molecule has 73 heavy (non-hydrogen) atoms. The molecule has 23 heteroatoms. The zero-order valence-corrected chi connectivity index (χ0v) is 42.5. The van der Waals surface area contributed by atoms with Gasteiger partial charge in [0.2, 0.25) is 47.3 Å². The maximum Gasteiger partial charge on any atom is 0.248 e. The van der Waals surface area contributed by atoms with Crippen LogP contribution in [0.15, 0.2) is 24.3 Å². The number of amides is 8. The van der Waals surface area contributed by atoms with Gasteiger partial charge in [-0.15, -0.1) is 0 Å². The molecule has 2 unspecified atom stereocenters. The normalized spacial score (nSPS) is 28.0. The Morgan fingerprint density at radius 3 is 2.00 bits per heavy atom. The van der Waals surface area contributed by atoms with Gasteiger partial charge in [-0.3, -0.25) is 38.4 Å². The molecule has 14 N–H and O–H groups in total. The lowest BCUT2D eigenvalue weighted by molar-refractivity contribution is -0.147. The van der Waals surface area contributed by atoms with Crippen molar-refractivity contribution in [1.29, 1.82) is 0 Å². The molecule has 3 fully saturated rings. The minimum Gasteiger partial charge on any atom is -0.508 e. The number of rotatable bonds is 20. The molecule has 410 valence electrons. The number of aliphatic hydroxyl groups is 6. The number of hydrogen-bond acceptors (Lipinski definition) is 15. The second-order valence-corrected chi connectivity index (χ2v) is 20.4. The van der Waals surface area contributed by atoms with Gasteiger partial charge >= 0.3 is 0 Å². The van der Waals surface area contributed by atoms with Crippen molar-refractivity contribution in [1.82, 2.24) is 36.4 Å². The van der Waals surface area contributed by atoms with Gasteiger partial charge < -0.3 is 77.9 Å². The summed E-state index contributed by atoms with van der Waals surface area (Å²) in [7, 11) is 0. The number of carbonyl (C=O) groups excluding carboxylic acids is 8. The maximum atomic E-state index is 14.3. The summed E-state index contributed by atoms with van der Waals surface area (Å²) < 4.78 is 0. The molecular formula is C50H80N8O15. The van der Waals surface area contributed by atoms with E-state index in [-0.39, 0.29) is 31.6 Å². The highest BCUT2D eigenvalue weighted by molar-refractivity contribution is 5.98. The van der Waals surface area contributed by atoms with Crippen molar-refractivity contribution >= 4 is 47.3 Å². The molecule has 1 aromatic rings. The van der Waals surface area contributed by atoms with E-state index in [4.69, 9.17) is 5.73 Å². The van der Waals surface area contributed by atoms with Gasteiger partial charge in [-0.05, 0) is 55.7 Å². The number of nitrogens with two attached hydrogens (primary N) is 1. The van der Waals surface area contributed by atoms with Gasteiger partial charge in [0.1, 0.15) is 42.0 Å². The van der Waals surface area contributed by atoms with Crippen molar-refractivity contribution in [3.8, 4) is 5.75 Å². The van der Waals surface area contributed by atoms with E-state index in [0.29, 0.717) is 23.8 Å². The Hall–Kier alpha value is -5.46. The van der Waals surface area contributed by atoms with E-state index in [1.807, 2.05) is 0 Å². The van der Waals surface area contributed by atoms with Crippen molar-refractivity contribution in [2.75, 3.05) is 19.6 Å². The number of phenols is 1. The van der Waals surface area contributed by atoms with Crippen molar-refractivity contribution < 1.29 is 74.1 Å². The van der Waals surface area contributed by atoms with Crippen molar-refractivity contribution in [2.45, 2.75) is 197 Å². The van der Waals surface area contributed by atoms with Crippen LogP contribution in [-0.4, -0.2) is 185 Å². The van der Waals surface area contributed by atoms with Gasteiger partial charge in [-0.25, -0.2) is 0 Å². The van der Waals surface area contributed by atoms with Crippen LogP contribution in [0.1, 0.15) is 123 Å². The minimum absolute atomic E-state index is 0.00429. The van der Waals surface area contributed by atoms with Crippen LogP contribution >= 0.6 is 0 Å². The van der Waals surface area contributed by atoms with E-state index in [9.17, 15) is 74.1 Å². The molecule has 0 spiro atoms. The van der Waals surface area contributed by atoms with Crippen LogP contribution in [-0.2, 0) is 44.8 Å². The van der Waals surface area contributed by atoms with E-state index < -0.39 is 152 Å². The summed E-state index contributed by atoms with van der Waals surface area (Å²) in [5.41, 5.74) is 5.70. The van der Waals surface area contributed by atoms with Crippen molar-refractivity contribution in [3.05, 3.63) is 29.8 Å². The second-order valence-electron chi connectivity index (χ2n) is 20.4. The predicted molar refractivity (Wildman–Crippen MR) is 263 cm³/mol. The van der Waals surface area contributed by atoms with Crippen LogP contribution in [0.5, 0.6) is 5.75 Å². The van der Waals surface area contributed by atoms with Crippen LogP contribution in [0.2, 0.25) is 0 Å². The van der Waals surface area contributed by atoms with Gasteiger partial charge in [0.15, 0.2) is 0 Å². The Bertz CT molecular complexity index is 2030. The average Bonchev–Trinajstić information content (AvgIpc) is 3.92. The molecule has 0 aliphatic carbocycles. The number of primary amides is 1. The summed E-state index contributed by atoms with van der Waals surface area (Å²) in [6.07, 6.45) is -3.70. The highest BCUT2D eigenvalue weighted by atomic mass is 16.3. The molecule has 23 nitrogen and oxygen atoms in total. The monoisotopic (exact) mass is 1030 g/mol. The maximum absolute atomic E-state index is 14.3. The molecule has 0 bridgehead atoms. The van der Waals surface area contributed by atoms with E-state index >= 15 is 0 Å². The van der Waals surface area contributed by atoms with Crippen LogP contribution in [0.3, 0.4) is 0 Å². The Morgan fingerprint density at radius 2 is 1.36 bits per heavy atom. The highest BCUT2D eigenvalue weighted by Gasteiger charge is 2.48. The topological polar surface area (TPSA) is 371 Å². The fourth-order valence-corrected chi connectivity index (χ4v) is 9.75. The molecule has 3 heterocycles. The largest absolute Gasteiger partial charge is 0.508 e. The van der Waals surface area contributed by atoms with E-state index in [1.165, 1.54) is 37.6 Å². The highest BCUT2D eigenvalue weighted by Crippen LogP contribution is 2.25. The third-order valence-corrected chi connectivity index (χ3v) is 14.1. The Kier molecular flexibility index (Phi) is 23.7. The van der Waals surface area contributed by atoms with Gasteiger partial charge in [0, 0.05) is 45.3 Å². The first kappa shape index (κ1) is 60.1. The van der Waals surface area contributed by atoms with Crippen LogP contribution in [0.4, 0.5) is 0 Å². The first-order chi connectivity index (χ1) is 34.5. The van der Waals surface area contributed by atoms with Gasteiger partial charge in [0.25, 0.3) is 0 Å². The predicted octanol–water partition coefficient (Wildman–Crippen LogP) is -2.15. The summed E-state index contributed by atoms with van der Waals surface area (Å²) in [5, 5.41) is 88.7. The second kappa shape index (κ2) is 28.8. The van der Waals surface area contributed by atoms with Gasteiger partial charge in [0.05, 0.1) is 43.0 Å². The Labute approximate surface area is 426 Å². The molecule has 0 aromatic heterocycles. The fraction of sp³-hybridized carbons (Fsp3) is 0.720. The third-order valence-electron chi connectivity index (χ3n) is 14.1. The molecule has 0 radical (unpaired) electrons. The number of hydrogen-bond donors (Lipinski definition) is 13. The molecule has 3 aliphatic rings. The number of aliphatic hydroxyl groups excluding tert-OH is 6. The van der Waals surface area contributed by atoms with Crippen LogP contribution < -0.4 is 32.3 Å². The number of aromatic hydroxyl groups is 1. The van der Waals surface area contributed by atoms with Crippen LogP contribution in [0, 0.1) is 11.8 Å². The summed E-state index contributed by atoms with van der Waals surface area (Å²) >= 11 is 0. The number of nitrogens with one attached hydrogen (secondary N) is 5. The molecule has 3 aliphatic heterocycles.